The molecule has 0 bridgehead atoms. The number of hydrogen-bond acceptors (Lipinski definition) is 3. The van der Waals surface area contributed by atoms with Crippen molar-refractivity contribution >= 4 is 0 Å². The molecule has 1 aromatic heterocycles. The molecule has 134 valence electrons. The molecule has 1 saturated carbocycles. The minimum atomic E-state index is -0.371. The van der Waals surface area contributed by atoms with Gasteiger partial charge in [-0.3, -0.25) is 4.68 Å². The predicted octanol–water partition coefficient (Wildman–Crippen LogP) is 4.97. The van der Waals surface area contributed by atoms with Gasteiger partial charge in [-0.1, -0.05) is 40.0 Å². The lowest BCUT2D eigenvalue weighted by atomic mass is 9.52. The monoisotopic (exact) mass is 339 g/mol. The van der Waals surface area contributed by atoms with E-state index in [0.717, 1.165) is 12.8 Å². The number of aliphatic hydroxyl groups excluding tert-OH is 1. The van der Waals surface area contributed by atoms with Crippen LogP contribution in [0.3, 0.4) is 0 Å². The summed E-state index contributed by atoms with van der Waals surface area (Å²) in [7, 11) is 0. The molecule has 2 atom stereocenters. The van der Waals surface area contributed by atoms with Gasteiger partial charge in [0.1, 0.15) is 5.76 Å². The third kappa shape index (κ3) is 2.35. The van der Waals surface area contributed by atoms with Gasteiger partial charge in [0, 0.05) is 17.0 Å². The van der Waals surface area contributed by atoms with Crippen LogP contribution in [0.4, 0.5) is 0 Å². The summed E-state index contributed by atoms with van der Waals surface area (Å²) in [5, 5.41) is 25.3. The molecule has 3 aliphatic rings. The lowest BCUT2D eigenvalue weighted by Crippen LogP contribution is -2.49. The van der Waals surface area contributed by atoms with E-state index in [2.05, 4.69) is 37.7 Å². The Kier molecular flexibility index (Phi) is 3.76. The number of aliphatic hydroxyl groups is 1. The van der Waals surface area contributed by atoms with E-state index in [4.69, 9.17) is 5.10 Å². The fourth-order valence-corrected chi connectivity index (χ4v) is 5.87. The molecule has 0 aromatic carbocycles. The van der Waals surface area contributed by atoms with E-state index in [-0.39, 0.29) is 10.8 Å². The van der Waals surface area contributed by atoms with E-state index < -0.39 is 0 Å². The highest BCUT2D eigenvalue weighted by atomic mass is 16.3. The second-order valence-corrected chi connectivity index (χ2v) is 9.12. The van der Waals surface area contributed by atoms with Gasteiger partial charge in [0.15, 0.2) is 0 Å². The SMILES string of the molecule is CC1(C)C(O)=C(C#N)C[C@]2(C)c3nn(C4CCCCC4)cc3CC[C@@H]12. The molecular formula is C21H29N3O. The molecule has 3 aliphatic carbocycles. The van der Waals surface area contributed by atoms with Crippen LogP contribution in [0.5, 0.6) is 0 Å². The van der Waals surface area contributed by atoms with Crippen molar-refractivity contribution in [2.45, 2.75) is 83.6 Å². The Morgan fingerprint density at radius 2 is 1.92 bits per heavy atom. The number of allylic oxidation sites excluding steroid dienone is 2. The van der Waals surface area contributed by atoms with Crippen LogP contribution >= 0.6 is 0 Å². The second-order valence-electron chi connectivity index (χ2n) is 9.12. The van der Waals surface area contributed by atoms with Gasteiger partial charge in [-0.25, -0.2) is 0 Å². The number of aromatic nitrogens is 2. The Morgan fingerprint density at radius 1 is 1.20 bits per heavy atom. The highest BCUT2D eigenvalue weighted by Gasteiger charge is 2.55. The molecular weight excluding hydrogens is 310 g/mol. The first-order valence-electron chi connectivity index (χ1n) is 9.79. The van der Waals surface area contributed by atoms with E-state index in [0.29, 0.717) is 29.7 Å². The van der Waals surface area contributed by atoms with Gasteiger partial charge in [-0.2, -0.15) is 10.4 Å². The van der Waals surface area contributed by atoms with Crippen LogP contribution in [-0.2, 0) is 11.8 Å². The van der Waals surface area contributed by atoms with Gasteiger partial charge < -0.3 is 5.11 Å². The molecule has 0 radical (unpaired) electrons. The number of nitriles is 1. The molecule has 0 saturated heterocycles. The van der Waals surface area contributed by atoms with Crippen LogP contribution in [0.1, 0.15) is 83.0 Å². The highest BCUT2D eigenvalue weighted by Crippen LogP contribution is 2.58. The number of fused-ring (bicyclic) bond motifs is 3. The van der Waals surface area contributed by atoms with Gasteiger partial charge in [0.05, 0.1) is 23.4 Å². The zero-order chi connectivity index (χ0) is 17.8. The van der Waals surface area contributed by atoms with Crippen LogP contribution in [0.25, 0.3) is 0 Å². The Balaban J connectivity index is 1.78. The first kappa shape index (κ1) is 16.7. The molecule has 25 heavy (non-hydrogen) atoms. The Hall–Kier alpha value is -1.76. The van der Waals surface area contributed by atoms with E-state index in [9.17, 15) is 10.4 Å². The molecule has 0 spiro atoms. The largest absolute Gasteiger partial charge is 0.511 e. The van der Waals surface area contributed by atoms with Crippen molar-refractivity contribution < 1.29 is 5.11 Å². The molecule has 4 nitrogen and oxygen atoms in total. The van der Waals surface area contributed by atoms with E-state index in [1.54, 1.807) is 0 Å². The highest BCUT2D eigenvalue weighted by molar-refractivity contribution is 5.42. The molecule has 0 amide bonds. The summed E-state index contributed by atoms with van der Waals surface area (Å²) >= 11 is 0. The fraction of sp³-hybridized carbons (Fsp3) is 0.714. The molecule has 1 aromatic rings. The zero-order valence-electron chi connectivity index (χ0n) is 15.7. The van der Waals surface area contributed by atoms with Gasteiger partial charge in [-0.15, -0.1) is 0 Å². The van der Waals surface area contributed by atoms with Crippen molar-refractivity contribution in [3.63, 3.8) is 0 Å². The minimum absolute atomic E-state index is 0.158. The standard InChI is InChI=1S/C21H29N3O/c1-20(2)17-10-9-14-13-24(16-7-5-4-6-8-16)23-18(14)21(17,3)11-15(12-22)19(20)25/h13,16-17,25H,4-11H2,1-3H3/t17-,21-/m0/s1. The maximum atomic E-state index is 10.6. The molecule has 4 rings (SSSR count). The van der Waals surface area contributed by atoms with Crippen molar-refractivity contribution in [3.05, 3.63) is 28.8 Å². The average Bonchev–Trinajstić information content (AvgIpc) is 3.05. The van der Waals surface area contributed by atoms with Crippen LogP contribution in [-0.4, -0.2) is 14.9 Å². The molecule has 0 unspecified atom stereocenters. The van der Waals surface area contributed by atoms with Crippen molar-refractivity contribution in [2.75, 3.05) is 0 Å². The Morgan fingerprint density at radius 3 is 2.60 bits per heavy atom. The summed E-state index contributed by atoms with van der Waals surface area (Å²) in [5.74, 6) is 0.618. The smallest absolute Gasteiger partial charge is 0.112 e. The third-order valence-corrected chi connectivity index (χ3v) is 7.22. The summed E-state index contributed by atoms with van der Waals surface area (Å²) in [6.07, 6.45) is 11.4. The minimum Gasteiger partial charge on any atom is -0.511 e. The number of aryl methyl sites for hydroxylation is 1. The summed E-state index contributed by atoms with van der Waals surface area (Å²) in [4.78, 5) is 0. The van der Waals surface area contributed by atoms with Crippen molar-refractivity contribution in [2.24, 2.45) is 11.3 Å². The Bertz CT molecular complexity index is 761. The van der Waals surface area contributed by atoms with Crippen LogP contribution in [0, 0.1) is 22.7 Å². The fourth-order valence-electron chi connectivity index (χ4n) is 5.87. The maximum Gasteiger partial charge on any atom is 0.112 e. The summed E-state index contributed by atoms with van der Waals surface area (Å²) in [6, 6.07) is 2.80. The summed E-state index contributed by atoms with van der Waals surface area (Å²) < 4.78 is 2.23. The van der Waals surface area contributed by atoms with Gasteiger partial charge in [0.25, 0.3) is 0 Å². The average molecular weight is 339 g/mol. The molecule has 1 fully saturated rings. The first-order chi connectivity index (χ1) is 11.9. The zero-order valence-corrected chi connectivity index (χ0v) is 15.7. The number of hydrogen-bond donors (Lipinski definition) is 1. The topological polar surface area (TPSA) is 61.8 Å². The lowest BCUT2D eigenvalue weighted by Gasteiger charge is -2.51. The summed E-state index contributed by atoms with van der Waals surface area (Å²) in [5.41, 5.74) is 2.56. The van der Waals surface area contributed by atoms with Crippen LogP contribution < -0.4 is 0 Å². The number of nitrogens with zero attached hydrogens (tertiary/aromatic N) is 3. The maximum absolute atomic E-state index is 10.6. The quantitative estimate of drug-likeness (QED) is 0.785. The molecule has 1 heterocycles. The summed E-state index contributed by atoms with van der Waals surface area (Å²) in [6.45, 7) is 6.44. The van der Waals surface area contributed by atoms with Crippen molar-refractivity contribution in [3.8, 4) is 6.07 Å². The normalized spacial score (nSPS) is 32.0. The second kappa shape index (κ2) is 5.62. The Labute approximate surface area is 150 Å². The van der Waals surface area contributed by atoms with Crippen LogP contribution in [0.15, 0.2) is 17.5 Å². The van der Waals surface area contributed by atoms with E-state index in [1.807, 2.05) is 0 Å². The van der Waals surface area contributed by atoms with E-state index >= 15 is 0 Å². The first-order valence-corrected chi connectivity index (χ1v) is 9.79. The van der Waals surface area contributed by atoms with Crippen LogP contribution in [0.2, 0.25) is 0 Å². The van der Waals surface area contributed by atoms with Gasteiger partial charge in [0.2, 0.25) is 0 Å². The molecule has 4 heteroatoms. The molecule has 1 N–H and O–H groups in total. The van der Waals surface area contributed by atoms with E-state index in [1.165, 1.54) is 43.4 Å². The van der Waals surface area contributed by atoms with Crippen molar-refractivity contribution in [1.82, 2.24) is 9.78 Å². The lowest BCUT2D eigenvalue weighted by molar-refractivity contribution is 0.0630. The predicted molar refractivity (Wildman–Crippen MR) is 97.2 cm³/mol. The molecule has 0 aliphatic heterocycles. The van der Waals surface area contributed by atoms with Gasteiger partial charge >= 0.3 is 0 Å². The van der Waals surface area contributed by atoms with Gasteiger partial charge in [-0.05, 0) is 43.6 Å². The third-order valence-electron chi connectivity index (χ3n) is 7.22. The number of rotatable bonds is 1. The van der Waals surface area contributed by atoms with Crippen molar-refractivity contribution in [1.29, 1.82) is 5.26 Å².